The van der Waals surface area contributed by atoms with Gasteiger partial charge < -0.3 is 10.2 Å². The number of hydrogen-bond donors (Lipinski definition) is 1. The highest BCUT2D eigenvalue weighted by Crippen LogP contribution is 2.24. The SMILES string of the molecule is CCCN(CCC)C(=O)c1cc(Nc2cccc3cccnc23)ccn1. The summed E-state index contributed by atoms with van der Waals surface area (Å²) >= 11 is 0. The highest BCUT2D eigenvalue weighted by atomic mass is 16.2. The summed E-state index contributed by atoms with van der Waals surface area (Å²) < 4.78 is 0. The molecular formula is C21H24N4O. The normalized spacial score (nSPS) is 10.7. The molecule has 0 bridgehead atoms. The molecule has 2 aromatic heterocycles. The molecule has 0 aliphatic rings. The largest absolute Gasteiger partial charge is 0.354 e. The van der Waals surface area contributed by atoms with Gasteiger partial charge in [0.2, 0.25) is 0 Å². The molecule has 134 valence electrons. The number of carbonyl (C=O) groups excluding carboxylic acids is 1. The molecule has 2 heterocycles. The van der Waals surface area contributed by atoms with Crippen LogP contribution in [0.3, 0.4) is 0 Å². The zero-order valence-electron chi connectivity index (χ0n) is 15.3. The van der Waals surface area contributed by atoms with E-state index in [0.717, 1.165) is 48.2 Å². The van der Waals surface area contributed by atoms with Gasteiger partial charge in [0, 0.05) is 36.6 Å². The maximum Gasteiger partial charge on any atom is 0.272 e. The highest BCUT2D eigenvalue weighted by Gasteiger charge is 2.16. The van der Waals surface area contributed by atoms with Gasteiger partial charge in [-0.25, -0.2) is 0 Å². The number of fused-ring (bicyclic) bond motifs is 1. The molecule has 3 rings (SSSR count). The third-order valence-corrected chi connectivity index (χ3v) is 4.17. The smallest absolute Gasteiger partial charge is 0.272 e. The van der Waals surface area contributed by atoms with Crippen molar-refractivity contribution in [1.29, 1.82) is 0 Å². The highest BCUT2D eigenvalue weighted by molar-refractivity contribution is 5.95. The zero-order valence-corrected chi connectivity index (χ0v) is 15.3. The van der Waals surface area contributed by atoms with E-state index < -0.39 is 0 Å². The predicted octanol–water partition coefficient (Wildman–Crippen LogP) is 4.64. The zero-order chi connectivity index (χ0) is 18.4. The van der Waals surface area contributed by atoms with Gasteiger partial charge in [0.25, 0.3) is 5.91 Å². The fraction of sp³-hybridized carbons (Fsp3) is 0.286. The molecule has 0 unspecified atom stereocenters. The number of nitrogens with zero attached hydrogens (tertiary/aromatic N) is 3. The summed E-state index contributed by atoms with van der Waals surface area (Å²) in [7, 11) is 0. The Labute approximate surface area is 154 Å². The van der Waals surface area contributed by atoms with Crippen LogP contribution in [0.25, 0.3) is 10.9 Å². The van der Waals surface area contributed by atoms with Crippen LogP contribution >= 0.6 is 0 Å². The van der Waals surface area contributed by atoms with Gasteiger partial charge in [0.05, 0.1) is 11.2 Å². The number of aromatic nitrogens is 2. The van der Waals surface area contributed by atoms with E-state index >= 15 is 0 Å². The Kier molecular flexibility index (Phi) is 5.79. The van der Waals surface area contributed by atoms with Crippen molar-refractivity contribution in [2.24, 2.45) is 0 Å². The summed E-state index contributed by atoms with van der Waals surface area (Å²) in [6, 6.07) is 13.6. The van der Waals surface area contributed by atoms with Gasteiger partial charge in [-0.2, -0.15) is 0 Å². The fourth-order valence-corrected chi connectivity index (χ4v) is 3.00. The van der Waals surface area contributed by atoms with E-state index in [1.165, 1.54) is 0 Å². The molecule has 0 aliphatic heterocycles. The Hall–Kier alpha value is -2.95. The first-order chi connectivity index (χ1) is 12.7. The summed E-state index contributed by atoms with van der Waals surface area (Å²) in [6.07, 6.45) is 5.32. The Morgan fingerprint density at radius 2 is 1.77 bits per heavy atom. The third-order valence-electron chi connectivity index (χ3n) is 4.17. The molecule has 1 N–H and O–H groups in total. The first kappa shape index (κ1) is 17.9. The number of pyridine rings is 2. The summed E-state index contributed by atoms with van der Waals surface area (Å²) in [5.74, 6) is -0.0200. The number of carbonyl (C=O) groups is 1. The summed E-state index contributed by atoms with van der Waals surface area (Å²) in [5.41, 5.74) is 3.10. The molecular weight excluding hydrogens is 324 g/mol. The lowest BCUT2D eigenvalue weighted by molar-refractivity contribution is 0.0749. The van der Waals surface area contributed by atoms with Crippen LogP contribution in [0.15, 0.2) is 54.9 Å². The fourth-order valence-electron chi connectivity index (χ4n) is 3.00. The first-order valence-corrected chi connectivity index (χ1v) is 9.09. The van der Waals surface area contributed by atoms with Crippen molar-refractivity contribution in [2.75, 3.05) is 18.4 Å². The number of hydrogen-bond acceptors (Lipinski definition) is 4. The van der Waals surface area contributed by atoms with Crippen molar-refractivity contribution in [3.8, 4) is 0 Å². The van der Waals surface area contributed by atoms with E-state index in [0.29, 0.717) is 5.69 Å². The lowest BCUT2D eigenvalue weighted by atomic mass is 10.2. The molecule has 0 atom stereocenters. The second-order valence-corrected chi connectivity index (χ2v) is 6.23. The number of para-hydroxylation sites is 1. The van der Waals surface area contributed by atoms with Gasteiger partial charge in [0.1, 0.15) is 5.69 Å². The van der Waals surface area contributed by atoms with E-state index in [4.69, 9.17) is 0 Å². The van der Waals surface area contributed by atoms with Crippen LogP contribution in [0.4, 0.5) is 11.4 Å². The minimum absolute atomic E-state index is 0.0200. The minimum atomic E-state index is -0.0200. The monoisotopic (exact) mass is 348 g/mol. The van der Waals surface area contributed by atoms with E-state index in [9.17, 15) is 4.79 Å². The van der Waals surface area contributed by atoms with Crippen molar-refractivity contribution in [3.05, 3.63) is 60.6 Å². The molecule has 0 saturated heterocycles. The molecule has 0 saturated carbocycles. The second kappa shape index (κ2) is 8.43. The number of rotatable bonds is 7. The average molecular weight is 348 g/mol. The summed E-state index contributed by atoms with van der Waals surface area (Å²) in [4.78, 5) is 23.4. The van der Waals surface area contributed by atoms with Crippen molar-refractivity contribution in [1.82, 2.24) is 14.9 Å². The number of anilines is 2. The van der Waals surface area contributed by atoms with Gasteiger partial charge >= 0.3 is 0 Å². The van der Waals surface area contributed by atoms with Gasteiger partial charge in [-0.15, -0.1) is 0 Å². The standard InChI is InChI=1S/C21H24N4O/c1-3-13-25(14-4-2)21(26)19-15-17(10-12-22-19)24-18-9-5-7-16-8-6-11-23-20(16)18/h5-12,15H,3-4,13-14H2,1-2H3,(H,22,24). The summed E-state index contributed by atoms with van der Waals surface area (Å²) in [5, 5.41) is 4.44. The van der Waals surface area contributed by atoms with E-state index in [2.05, 4.69) is 29.1 Å². The van der Waals surface area contributed by atoms with Gasteiger partial charge in [-0.1, -0.05) is 32.0 Å². The van der Waals surface area contributed by atoms with Crippen molar-refractivity contribution in [2.45, 2.75) is 26.7 Å². The van der Waals surface area contributed by atoms with E-state index in [1.807, 2.05) is 47.4 Å². The molecule has 0 aliphatic carbocycles. The number of benzene rings is 1. The van der Waals surface area contributed by atoms with Crippen LogP contribution < -0.4 is 5.32 Å². The van der Waals surface area contributed by atoms with Crippen molar-refractivity contribution >= 4 is 28.2 Å². The maximum atomic E-state index is 12.8. The molecule has 1 aromatic carbocycles. The maximum absolute atomic E-state index is 12.8. The first-order valence-electron chi connectivity index (χ1n) is 9.09. The molecule has 0 spiro atoms. The van der Waals surface area contributed by atoms with Crippen LogP contribution in [-0.2, 0) is 0 Å². The Morgan fingerprint density at radius 3 is 2.54 bits per heavy atom. The molecule has 26 heavy (non-hydrogen) atoms. The van der Waals surface area contributed by atoms with Gasteiger partial charge in [-0.3, -0.25) is 14.8 Å². The van der Waals surface area contributed by atoms with Crippen LogP contribution in [0, 0.1) is 0 Å². The van der Waals surface area contributed by atoms with Crippen LogP contribution in [0.2, 0.25) is 0 Å². The van der Waals surface area contributed by atoms with Gasteiger partial charge in [0.15, 0.2) is 0 Å². The van der Waals surface area contributed by atoms with Crippen molar-refractivity contribution < 1.29 is 4.79 Å². The Morgan fingerprint density at radius 1 is 1.00 bits per heavy atom. The van der Waals surface area contributed by atoms with Crippen LogP contribution in [-0.4, -0.2) is 33.9 Å². The second-order valence-electron chi connectivity index (χ2n) is 6.23. The Bertz CT molecular complexity index is 883. The molecule has 5 heteroatoms. The average Bonchev–Trinajstić information content (AvgIpc) is 2.68. The van der Waals surface area contributed by atoms with Crippen molar-refractivity contribution in [3.63, 3.8) is 0 Å². The number of amides is 1. The summed E-state index contributed by atoms with van der Waals surface area (Å²) in [6.45, 7) is 5.65. The molecule has 1 amide bonds. The van der Waals surface area contributed by atoms with E-state index in [1.54, 1.807) is 12.4 Å². The number of nitrogens with one attached hydrogen (secondary N) is 1. The quantitative estimate of drug-likeness (QED) is 0.676. The Balaban J connectivity index is 1.86. The molecule has 0 radical (unpaired) electrons. The van der Waals surface area contributed by atoms with Crippen LogP contribution in [0.5, 0.6) is 0 Å². The minimum Gasteiger partial charge on any atom is -0.354 e. The molecule has 5 nitrogen and oxygen atoms in total. The topological polar surface area (TPSA) is 58.1 Å². The van der Waals surface area contributed by atoms with Gasteiger partial charge in [-0.05, 0) is 37.1 Å². The third kappa shape index (κ3) is 3.99. The van der Waals surface area contributed by atoms with E-state index in [-0.39, 0.29) is 5.91 Å². The lowest BCUT2D eigenvalue weighted by Crippen LogP contribution is -2.33. The van der Waals surface area contributed by atoms with Crippen LogP contribution in [0.1, 0.15) is 37.2 Å². The molecule has 3 aromatic rings. The predicted molar refractivity (Wildman–Crippen MR) is 106 cm³/mol. The lowest BCUT2D eigenvalue weighted by Gasteiger charge is -2.21. The molecule has 0 fully saturated rings.